The van der Waals surface area contributed by atoms with Crippen molar-refractivity contribution in [3.05, 3.63) is 215 Å². The van der Waals surface area contributed by atoms with E-state index in [2.05, 4.69) is 129 Å². The van der Waals surface area contributed by atoms with Crippen LogP contribution in [0.2, 0.25) is 0 Å². The fraction of sp³-hybridized carbons (Fsp3) is 0.167. The molecule has 0 bridgehead atoms. The van der Waals surface area contributed by atoms with Gasteiger partial charge in [-0.05, 0) is 150 Å². The van der Waals surface area contributed by atoms with Crippen LogP contribution in [-0.4, -0.2) is 5.97 Å². The number of rotatable bonds is 15. The highest BCUT2D eigenvalue weighted by Gasteiger charge is 2.24. The maximum atomic E-state index is 12.6. The number of esters is 1. The second kappa shape index (κ2) is 22.8. The fourth-order valence-corrected chi connectivity index (χ4v) is 8.05. The van der Waals surface area contributed by atoms with E-state index >= 15 is 0 Å². The number of benzene rings is 6. The zero-order valence-electron chi connectivity index (χ0n) is 35.6. The van der Waals surface area contributed by atoms with Gasteiger partial charge in [0.1, 0.15) is 17.3 Å². The Morgan fingerprint density at radius 2 is 0.917 bits per heavy atom. The highest BCUT2D eigenvalue weighted by molar-refractivity contribution is 8.02. The summed E-state index contributed by atoms with van der Waals surface area (Å²) in [7, 11) is 0. The van der Waals surface area contributed by atoms with Crippen LogP contribution in [0.15, 0.2) is 213 Å². The van der Waals surface area contributed by atoms with Gasteiger partial charge in [-0.2, -0.15) is 0 Å². The highest BCUT2D eigenvalue weighted by Crippen LogP contribution is 2.38. The molecule has 0 radical (unpaired) electrons. The van der Waals surface area contributed by atoms with Crippen LogP contribution in [0.4, 0.5) is 0 Å². The molecule has 3 nitrogen and oxygen atoms in total. The smallest absolute Gasteiger partial charge is 0.316 e. The summed E-state index contributed by atoms with van der Waals surface area (Å²) in [6.07, 6.45) is 4.11. The topological polar surface area (TPSA) is 35.5 Å². The summed E-state index contributed by atoms with van der Waals surface area (Å²) in [4.78, 5) is 17.4. The quantitative estimate of drug-likeness (QED) is 0.0256. The number of allylic oxidation sites excluding steroid dienone is 2. The molecule has 0 aliphatic heterocycles. The van der Waals surface area contributed by atoms with Gasteiger partial charge in [0.25, 0.3) is 0 Å². The SMILES string of the molecule is C=C(/C=C/Sc1ccc(Sc2ccc(S/C=C/C(C)C)cc2)cc1)Oc1ccc(/C(=C(\c2ccccc2)c2ccc(OC(=O)C(C)(C)C)cc2)c2ccccc2)cc1.CC. The Bertz CT molecular complexity index is 2350. The number of thioether (sulfide) groups is 2. The summed E-state index contributed by atoms with van der Waals surface area (Å²) in [6.45, 7) is 18.1. The van der Waals surface area contributed by atoms with Gasteiger partial charge in [0.2, 0.25) is 0 Å². The number of hydrogen-bond acceptors (Lipinski definition) is 6. The number of hydrogen-bond donors (Lipinski definition) is 0. The number of carbonyl (C=O) groups excluding carboxylic acids is 1. The molecule has 0 heterocycles. The molecule has 60 heavy (non-hydrogen) atoms. The Morgan fingerprint density at radius 3 is 1.33 bits per heavy atom. The van der Waals surface area contributed by atoms with Gasteiger partial charge >= 0.3 is 5.97 Å². The lowest BCUT2D eigenvalue weighted by Crippen LogP contribution is -2.25. The molecule has 0 fully saturated rings. The third-order valence-electron chi connectivity index (χ3n) is 8.74. The van der Waals surface area contributed by atoms with Crippen molar-refractivity contribution >= 4 is 52.4 Å². The van der Waals surface area contributed by atoms with E-state index < -0.39 is 5.41 Å². The molecule has 306 valence electrons. The normalized spacial score (nSPS) is 11.9. The first-order chi connectivity index (χ1) is 29.0. The molecule has 0 aromatic heterocycles. The molecule has 0 unspecified atom stereocenters. The van der Waals surface area contributed by atoms with Crippen LogP contribution in [0.5, 0.6) is 11.5 Å². The average Bonchev–Trinajstić information content (AvgIpc) is 3.26. The van der Waals surface area contributed by atoms with Crippen LogP contribution in [0.25, 0.3) is 11.1 Å². The first-order valence-corrected chi connectivity index (χ1v) is 22.8. The van der Waals surface area contributed by atoms with Gasteiger partial charge in [0, 0.05) is 19.6 Å². The second-order valence-corrected chi connectivity index (χ2v) is 18.0. The van der Waals surface area contributed by atoms with Gasteiger partial charge in [0.15, 0.2) is 0 Å². The van der Waals surface area contributed by atoms with Crippen LogP contribution in [0, 0.1) is 11.3 Å². The lowest BCUT2D eigenvalue weighted by atomic mass is 9.86. The van der Waals surface area contributed by atoms with Gasteiger partial charge < -0.3 is 9.47 Å². The molecule has 0 spiro atoms. The van der Waals surface area contributed by atoms with E-state index in [1.54, 1.807) is 35.3 Å². The molecule has 6 aromatic rings. The minimum Gasteiger partial charge on any atom is -0.458 e. The molecule has 0 atom stereocenters. The highest BCUT2D eigenvalue weighted by atomic mass is 32.2. The van der Waals surface area contributed by atoms with Crippen molar-refractivity contribution in [2.24, 2.45) is 11.3 Å². The first kappa shape index (κ1) is 45.7. The van der Waals surface area contributed by atoms with Crippen molar-refractivity contribution in [3.63, 3.8) is 0 Å². The van der Waals surface area contributed by atoms with Crippen LogP contribution in [0.1, 0.15) is 70.7 Å². The van der Waals surface area contributed by atoms with Gasteiger partial charge in [-0.25, -0.2) is 0 Å². The molecule has 0 saturated heterocycles. The van der Waals surface area contributed by atoms with E-state index in [9.17, 15) is 4.79 Å². The predicted octanol–water partition coefficient (Wildman–Crippen LogP) is 16.3. The summed E-state index contributed by atoms with van der Waals surface area (Å²) in [5, 5.41) is 4.17. The Balaban J connectivity index is 0.00000336. The zero-order chi connectivity index (χ0) is 42.9. The lowest BCUT2D eigenvalue weighted by Gasteiger charge is -2.19. The molecule has 0 saturated carbocycles. The van der Waals surface area contributed by atoms with Crippen LogP contribution in [0.3, 0.4) is 0 Å². The van der Waals surface area contributed by atoms with E-state index in [0.717, 1.165) is 38.3 Å². The molecule has 0 aliphatic carbocycles. The van der Waals surface area contributed by atoms with E-state index in [0.29, 0.717) is 23.2 Å². The van der Waals surface area contributed by atoms with Gasteiger partial charge in [0.05, 0.1) is 5.41 Å². The summed E-state index contributed by atoms with van der Waals surface area (Å²) in [5.41, 5.74) is 5.71. The van der Waals surface area contributed by atoms with Crippen molar-refractivity contribution < 1.29 is 14.3 Å². The van der Waals surface area contributed by atoms with Gasteiger partial charge in [-0.3, -0.25) is 4.79 Å². The van der Waals surface area contributed by atoms with Crippen LogP contribution in [-0.2, 0) is 4.79 Å². The molecule has 6 aromatic carbocycles. The number of ether oxygens (including phenoxy) is 2. The van der Waals surface area contributed by atoms with Gasteiger partial charge in [-0.1, -0.05) is 161 Å². The second-order valence-electron chi connectivity index (χ2n) is 14.9. The minimum absolute atomic E-state index is 0.272. The molecule has 0 aliphatic rings. The maximum Gasteiger partial charge on any atom is 0.316 e. The lowest BCUT2D eigenvalue weighted by molar-refractivity contribution is -0.143. The monoisotopic (exact) mass is 846 g/mol. The molecular formula is C54H54O3S3. The van der Waals surface area contributed by atoms with Crippen molar-refractivity contribution in [3.8, 4) is 11.5 Å². The summed E-state index contributed by atoms with van der Waals surface area (Å²) >= 11 is 5.13. The first-order valence-electron chi connectivity index (χ1n) is 20.2. The summed E-state index contributed by atoms with van der Waals surface area (Å²) in [5.74, 6) is 2.04. The maximum absolute atomic E-state index is 12.6. The van der Waals surface area contributed by atoms with Crippen LogP contribution >= 0.6 is 35.3 Å². The summed E-state index contributed by atoms with van der Waals surface area (Å²) in [6, 6.07) is 53.9. The molecular weight excluding hydrogens is 793 g/mol. The predicted molar refractivity (Wildman–Crippen MR) is 259 cm³/mol. The van der Waals surface area contributed by atoms with Crippen LogP contribution < -0.4 is 9.47 Å². The largest absolute Gasteiger partial charge is 0.458 e. The zero-order valence-corrected chi connectivity index (χ0v) is 38.0. The van der Waals surface area contributed by atoms with E-state index in [1.165, 1.54) is 14.7 Å². The van der Waals surface area contributed by atoms with Crippen molar-refractivity contribution in [2.75, 3.05) is 0 Å². The summed E-state index contributed by atoms with van der Waals surface area (Å²) < 4.78 is 11.8. The molecule has 6 heteroatoms. The third kappa shape index (κ3) is 13.8. The van der Waals surface area contributed by atoms with Crippen molar-refractivity contribution in [1.82, 2.24) is 0 Å². The van der Waals surface area contributed by atoms with E-state index in [-0.39, 0.29) is 5.97 Å². The third-order valence-corrected chi connectivity index (χ3v) is 11.4. The van der Waals surface area contributed by atoms with E-state index in [1.807, 2.05) is 107 Å². The van der Waals surface area contributed by atoms with Crippen molar-refractivity contribution in [2.45, 2.75) is 68.0 Å². The Kier molecular flexibility index (Phi) is 17.4. The Hall–Kier alpha value is -5.40. The van der Waals surface area contributed by atoms with E-state index in [4.69, 9.17) is 9.47 Å². The molecule has 0 N–H and O–H groups in total. The minimum atomic E-state index is -0.600. The Labute approximate surface area is 370 Å². The Morgan fingerprint density at radius 1 is 0.533 bits per heavy atom. The molecule has 6 rings (SSSR count). The molecule has 0 amide bonds. The standard InChI is InChI=1S/C52H48O3S3.C2H6/c1-37(2)33-35-56-45-25-29-47(30-26-45)58-48-31-27-46(28-32-48)57-36-34-38(3)54-43-21-17-41(18-22-43)49(39-13-9-7-10-14-39)50(40-15-11-8-12-16-40)42-19-23-44(24-20-42)55-51(53)52(4,5)6;1-2/h7-37H,3H2,1-2,4-6H3;1-2H3/b35-33+,36-34+,50-49+;. The van der Waals surface area contributed by atoms with Gasteiger partial charge in [-0.15, -0.1) is 0 Å². The average molecular weight is 847 g/mol. The fourth-order valence-electron chi connectivity index (χ4n) is 5.72. The van der Waals surface area contributed by atoms with Crippen molar-refractivity contribution in [1.29, 1.82) is 0 Å². The number of carbonyl (C=O) groups is 1.